The predicted octanol–water partition coefficient (Wildman–Crippen LogP) is 10.3. The largest absolute Gasteiger partial charge is 0.399 e. The lowest BCUT2D eigenvalue weighted by molar-refractivity contribution is -0.119. The van der Waals surface area contributed by atoms with Crippen LogP contribution in [0.25, 0.3) is 21.8 Å². The van der Waals surface area contributed by atoms with Gasteiger partial charge in [0.25, 0.3) is 0 Å². The first kappa shape index (κ1) is 37.3. The van der Waals surface area contributed by atoms with Crippen molar-refractivity contribution in [3.05, 3.63) is 131 Å². The third-order valence-corrected chi connectivity index (χ3v) is 9.99. The SMILES string of the molecule is CC(C)C(=O)Cl.CC(C)C(=O)Nc1ccc2nc(N[C@@H]3CCc4ccccc43)ccc2c1.Nc1ccc2nc(N[C@@H]3CCc4ccccc43)ccc2c1. The molecule has 0 unspecified atom stereocenters. The Bertz CT molecular complexity index is 2240. The summed E-state index contributed by atoms with van der Waals surface area (Å²) in [6.07, 6.45) is 4.47. The van der Waals surface area contributed by atoms with Gasteiger partial charge in [-0.2, -0.15) is 0 Å². The fraction of sp³-hybridized carbons (Fsp3) is 0.273. The molecule has 9 heteroatoms. The zero-order chi connectivity index (χ0) is 37.5. The Morgan fingerprint density at radius 3 is 1.66 bits per heavy atom. The molecule has 272 valence electrons. The monoisotopic (exact) mass is 726 g/mol. The number of amides is 1. The van der Waals surface area contributed by atoms with Crippen LogP contribution in [0.4, 0.5) is 23.0 Å². The summed E-state index contributed by atoms with van der Waals surface area (Å²) in [5.74, 6) is 1.78. The van der Waals surface area contributed by atoms with Crippen molar-refractivity contribution < 1.29 is 9.59 Å². The lowest BCUT2D eigenvalue weighted by Gasteiger charge is -2.15. The first-order valence-electron chi connectivity index (χ1n) is 18.3. The van der Waals surface area contributed by atoms with Gasteiger partial charge in [-0.25, -0.2) is 9.97 Å². The second-order valence-electron chi connectivity index (χ2n) is 14.2. The predicted molar refractivity (Wildman–Crippen MR) is 219 cm³/mol. The van der Waals surface area contributed by atoms with Crippen LogP contribution >= 0.6 is 11.6 Å². The number of hydrogen-bond acceptors (Lipinski definition) is 7. The third-order valence-electron chi connectivity index (χ3n) is 9.56. The highest BCUT2D eigenvalue weighted by Gasteiger charge is 2.23. The molecular formula is C44H47ClN6O2. The molecule has 2 atom stereocenters. The standard InChI is InChI=1S/C22H23N3O.C18H17N3.C4H7ClO/c1-14(2)22(26)23-17-9-11-19-16(13-17)8-12-21(24-19)25-20-10-7-15-5-3-4-6-18(15)20;19-14-7-9-16-13(11-14)6-10-18(20-16)21-17-8-5-12-3-1-2-4-15(12)17;1-3(2)4(5)6/h3-6,8-9,11-14,20H,7,10H2,1-2H3,(H,23,26)(H,24,25);1-4,6-7,9-11,17H,5,8,19H2,(H,20,21);3H,1-2H3/t20-;17-;/m11./s1. The second-order valence-corrected chi connectivity index (χ2v) is 14.6. The average molecular weight is 727 g/mol. The van der Waals surface area contributed by atoms with Crippen molar-refractivity contribution in [1.82, 2.24) is 9.97 Å². The van der Waals surface area contributed by atoms with Gasteiger partial charge in [-0.15, -0.1) is 0 Å². The van der Waals surface area contributed by atoms with Gasteiger partial charge in [0.2, 0.25) is 11.1 Å². The van der Waals surface area contributed by atoms with Crippen LogP contribution in [-0.2, 0) is 22.4 Å². The molecule has 0 aliphatic heterocycles. The summed E-state index contributed by atoms with van der Waals surface area (Å²) >= 11 is 4.97. The number of halogens is 1. The van der Waals surface area contributed by atoms with Crippen LogP contribution in [0.2, 0.25) is 0 Å². The number of benzene rings is 4. The zero-order valence-corrected chi connectivity index (χ0v) is 31.5. The Kier molecular flexibility index (Phi) is 11.9. The lowest BCUT2D eigenvalue weighted by Crippen LogP contribution is -2.17. The van der Waals surface area contributed by atoms with Crippen molar-refractivity contribution in [1.29, 1.82) is 0 Å². The maximum absolute atomic E-state index is 11.9. The Hall–Kier alpha value is -5.47. The van der Waals surface area contributed by atoms with E-state index in [2.05, 4.69) is 81.6 Å². The van der Waals surface area contributed by atoms with Crippen LogP contribution in [0, 0.1) is 11.8 Å². The molecule has 1 amide bonds. The molecule has 53 heavy (non-hydrogen) atoms. The van der Waals surface area contributed by atoms with Gasteiger partial charge >= 0.3 is 0 Å². The third kappa shape index (κ3) is 9.50. The summed E-state index contributed by atoms with van der Waals surface area (Å²) < 4.78 is 0. The molecule has 8 rings (SSSR count). The van der Waals surface area contributed by atoms with Crippen LogP contribution in [0.3, 0.4) is 0 Å². The normalized spacial score (nSPS) is 15.5. The van der Waals surface area contributed by atoms with Crippen LogP contribution in [-0.4, -0.2) is 21.1 Å². The van der Waals surface area contributed by atoms with E-state index >= 15 is 0 Å². The molecular weight excluding hydrogens is 680 g/mol. The molecule has 4 aromatic carbocycles. The van der Waals surface area contributed by atoms with Crippen LogP contribution in [0.15, 0.2) is 109 Å². The minimum absolute atomic E-state index is 0.0216. The molecule has 2 heterocycles. The number of carbonyl (C=O) groups excluding carboxylic acids is 2. The Morgan fingerprint density at radius 2 is 1.15 bits per heavy atom. The fourth-order valence-electron chi connectivity index (χ4n) is 6.57. The van der Waals surface area contributed by atoms with Crippen LogP contribution < -0.4 is 21.7 Å². The number of nitrogens with one attached hydrogen (secondary N) is 3. The Labute approximate surface area is 316 Å². The molecule has 0 bridgehead atoms. The van der Waals surface area contributed by atoms with E-state index < -0.39 is 0 Å². The first-order chi connectivity index (χ1) is 25.5. The van der Waals surface area contributed by atoms with Crippen molar-refractivity contribution in [2.45, 2.75) is 65.5 Å². The average Bonchev–Trinajstić information content (AvgIpc) is 3.76. The number of hydrogen-bond donors (Lipinski definition) is 4. The molecule has 0 saturated heterocycles. The Balaban J connectivity index is 0.000000160. The molecule has 5 N–H and O–H groups in total. The maximum atomic E-state index is 11.9. The number of aromatic nitrogens is 2. The van der Waals surface area contributed by atoms with Gasteiger partial charge in [0.15, 0.2) is 0 Å². The van der Waals surface area contributed by atoms with Crippen molar-refractivity contribution in [2.75, 3.05) is 21.7 Å². The molecule has 8 nitrogen and oxygen atoms in total. The number of anilines is 4. The van der Waals surface area contributed by atoms with Crippen molar-refractivity contribution in [3.8, 4) is 0 Å². The topological polar surface area (TPSA) is 122 Å². The van der Waals surface area contributed by atoms with E-state index in [0.717, 1.165) is 70.5 Å². The second kappa shape index (κ2) is 16.9. The number of fused-ring (bicyclic) bond motifs is 4. The highest BCUT2D eigenvalue weighted by atomic mass is 35.5. The van der Waals surface area contributed by atoms with Gasteiger partial charge in [0.05, 0.1) is 23.1 Å². The number of nitrogens with zero attached hydrogens (tertiary/aromatic N) is 2. The number of nitrogen functional groups attached to an aromatic ring is 1. The van der Waals surface area contributed by atoms with Crippen molar-refractivity contribution in [2.24, 2.45) is 11.8 Å². The summed E-state index contributed by atoms with van der Waals surface area (Å²) in [5, 5.41) is 11.9. The van der Waals surface area contributed by atoms with E-state index in [1.165, 1.54) is 22.3 Å². The summed E-state index contributed by atoms with van der Waals surface area (Å²) in [5.41, 5.74) is 14.9. The molecule has 2 aliphatic rings. The van der Waals surface area contributed by atoms with E-state index in [4.69, 9.17) is 22.3 Å². The molecule has 0 saturated carbocycles. The number of carbonyl (C=O) groups is 2. The van der Waals surface area contributed by atoms with Crippen molar-refractivity contribution in [3.63, 3.8) is 0 Å². The van der Waals surface area contributed by atoms with Crippen LogP contribution in [0.1, 0.15) is 74.9 Å². The van der Waals surface area contributed by atoms with Gasteiger partial charge in [-0.3, -0.25) is 9.59 Å². The van der Waals surface area contributed by atoms with E-state index in [9.17, 15) is 9.59 Å². The smallest absolute Gasteiger partial charge is 0.226 e. The van der Waals surface area contributed by atoms with E-state index in [-0.39, 0.29) is 23.0 Å². The summed E-state index contributed by atoms with van der Waals surface area (Å²) in [6.45, 7) is 7.29. The number of nitrogens with two attached hydrogens (primary N) is 1. The molecule has 6 aromatic rings. The van der Waals surface area contributed by atoms with Gasteiger partial charge in [-0.05, 0) is 120 Å². The maximum Gasteiger partial charge on any atom is 0.226 e. The number of rotatable bonds is 7. The number of pyridine rings is 2. The molecule has 0 fully saturated rings. The molecule has 2 aliphatic carbocycles. The van der Waals surface area contributed by atoms with Gasteiger partial charge in [-0.1, -0.05) is 76.2 Å². The van der Waals surface area contributed by atoms with E-state index in [0.29, 0.717) is 12.1 Å². The first-order valence-corrected chi connectivity index (χ1v) is 18.7. The molecule has 0 spiro atoms. The lowest BCUT2D eigenvalue weighted by atomic mass is 10.1. The summed E-state index contributed by atoms with van der Waals surface area (Å²) in [6, 6.07) is 37.7. The number of aryl methyl sites for hydroxylation is 2. The van der Waals surface area contributed by atoms with E-state index in [1.54, 1.807) is 13.8 Å². The highest BCUT2D eigenvalue weighted by molar-refractivity contribution is 6.63. The van der Waals surface area contributed by atoms with Gasteiger partial charge < -0.3 is 21.7 Å². The van der Waals surface area contributed by atoms with Gasteiger partial charge in [0.1, 0.15) is 11.6 Å². The summed E-state index contributed by atoms with van der Waals surface area (Å²) in [7, 11) is 0. The van der Waals surface area contributed by atoms with Crippen LogP contribution in [0.5, 0.6) is 0 Å². The minimum Gasteiger partial charge on any atom is -0.399 e. The summed E-state index contributed by atoms with van der Waals surface area (Å²) in [4.78, 5) is 31.2. The highest BCUT2D eigenvalue weighted by Crippen LogP contribution is 2.35. The zero-order valence-electron chi connectivity index (χ0n) is 30.7. The molecule has 2 aromatic heterocycles. The van der Waals surface area contributed by atoms with Crippen molar-refractivity contribution >= 4 is 67.6 Å². The Morgan fingerprint density at radius 1 is 0.660 bits per heavy atom. The van der Waals surface area contributed by atoms with Gasteiger partial charge in [0, 0.05) is 34.0 Å². The quantitative estimate of drug-likeness (QED) is 0.0954. The van der Waals surface area contributed by atoms with E-state index in [1.807, 2.05) is 62.4 Å². The minimum atomic E-state index is -0.269. The molecule has 0 radical (unpaired) electrons. The fourth-order valence-corrected chi connectivity index (χ4v) is 6.57.